The summed E-state index contributed by atoms with van der Waals surface area (Å²) in [5.74, 6) is -0.898. The van der Waals surface area contributed by atoms with Crippen molar-refractivity contribution < 1.29 is 14.8 Å². The van der Waals surface area contributed by atoms with Crippen molar-refractivity contribution in [1.29, 1.82) is 0 Å². The number of hydrogen-bond acceptors (Lipinski definition) is 6. The first-order valence-corrected chi connectivity index (χ1v) is 4.35. The van der Waals surface area contributed by atoms with Crippen molar-refractivity contribution in [2.75, 3.05) is 11.9 Å². The fraction of sp³-hybridized carbons (Fsp3) is 0.375. The van der Waals surface area contributed by atoms with Crippen LogP contribution in [0.1, 0.15) is 6.92 Å². The Bertz CT molecular complexity index is 405. The van der Waals surface area contributed by atoms with Crippen LogP contribution in [0.2, 0.25) is 0 Å². The molecule has 0 aromatic carbocycles. The minimum absolute atomic E-state index is 0.125. The highest BCUT2D eigenvalue weighted by Gasteiger charge is 2.19. The Morgan fingerprint density at radius 1 is 1.56 bits per heavy atom. The fourth-order valence-corrected chi connectivity index (χ4v) is 0.930. The molecule has 0 fully saturated rings. The normalized spacial score (nSPS) is 11.9. The summed E-state index contributed by atoms with van der Waals surface area (Å²) in [5, 5.41) is 19.1. The molecule has 1 heterocycles. The maximum atomic E-state index is 10.7. The average molecular weight is 226 g/mol. The summed E-state index contributed by atoms with van der Waals surface area (Å²) >= 11 is 0. The van der Waals surface area contributed by atoms with Gasteiger partial charge in [0.15, 0.2) is 0 Å². The van der Waals surface area contributed by atoms with Gasteiger partial charge in [-0.05, 0) is 6.92 Å². The summed E-state index contributed by atoms with van der Waals surface area (Å²) < 4.78 is 0. The molecule has 0 aliphatic rings. The lowest BCUT2D eigenvalue weighted by atomic mass is 10.3. The zero-order valence-corrected chi connectivity index (χ0v) is 8.69. The number of aliphatic carboxylic acids is 1. The standard InChI is InChI=1S/C8H10N4O4/c1-5(7(13)14)11(2)8-9-3-6(4-10-8)12(15)16/h3-5H,1-2H3,(H,13,14). The van der Waals surface area contributed by atoms with Gasteiger partial charge in [-0.25, -0.2) is 14.8 Å². The predicted molar refractivity (Wildman–Crippen MR) is 54.2 cm³/mol. The van der Waals surface area contributed by atoms with Gasteiger partial charge in [-0.15, -0.1) is 0 Å². The number of aromatic nitrogens is 2. The third kappa shape index (κ3) is 2.41. The number of rotatable bonds is 4. The summed E-state index contributed by atoms with van der Waals surface area (Å²) in [6, 6.07) is -0.804. The molecule has 1 unspecified atom stereocenters. The maximum Gasteiger partial charge on any atom is 0.326 e. The van der Waals surface area contributed by atoms with E-state index >= 15 is 0 Å². The van der Waals surface area contributed by atoms with Crippen molar-refractivity contribution >= 4 is 17.6 Å². The molecule has 16 heavy (non-hydrogen) atoms. The maximum absolute atomic E-state index is 10.7. The van der Waals surface area contributed by atoms with E-state index in [9.17, 15) is 14.9 Å². The monoisotopic (exact) mass is 226 g/mol. The second-order valence-electron chi connectivity index (χ2n) is 3.12. The molecule has 0 bridgehead atoms. The first kappa shape index (κ1) is 11.8. The van der Waals surface area contributed by atoms with E-state index in [0.29, 0.717) is 0 Å². The van der Waals surface area contributed by atoms with Crippen LogP contribution in [0.4, 0.5) is 11.6 Å². The van der Waals surface area contributed by atoms with Crippen LogP contribution in [0.3, 0.4) is 0 Å². The van der Waals surface area contributed by atoms with Crippen molar-refractivity contribution in [3.8, 4) is 0 Å². The van der Waals surface area contributed by atoms with Crippen LogP contribution in [-0.4, -0.2) is 39.1 Å². The Kier molecular flexibility index (Phi) is 3.33. The number of likely N-dealkylation sites (N-methyl/N-ethyl adjacent to an activating group) is 1. The zero-order chi connectivity index (χ0) is 12.3. The van der Waals surface area contributed by atoms with Gasteiger partial charge in [0.1, 0.15) is 18.4 Å². The third-order valence-electron chi connectivity index (χ3n) is 2.09. The Balaban J connectivity index is 2.89. The number of carboxylic acids is 1. The molecule has 0 aliphatic carbocycles. The van der Waals surface area contributed by atoms with E-state index in [2.05, 4.69) is 9.97 Å². The van der Waals surface area contributed by atoms with E-state index in [0.717, 1.165) is 12.4 Å². The minimum atomic E-state index is -1.02. The molecule has 0 aliphatic heterocycles. The summed E-state index contributed by atoms with van der Waals surface area (Å²) in [6.07, 6.45) is 2.07. The van der Waals surface area contributed by atoms with Crippen LogP contribution in [-0.2, 0) is 4.79 Å². The van der Waals surface area contributed by atoms with Gasteiger partial charge < -0.3 is 10.0 Å². The first-order chi connectivity index (χ1) is 7.43. The number of carboxylic acid groups (broad SMARTS) is 1. The van der Waals surface area contributed by atoms with Gasteiger partial charge in [-0.3, -0.25) is 10.1 Å². The van der Waals surface area contributed by atoms with Crippen molar-refractivity contribution in [1.82, 2.24) is 9.97 Å². The topological polar surface area (TPSA) is 109 Å². The first-order valence-electron chi connectivity index (χ1n) is 4.35. The van der Waals surface area contributed by atoms with E-state index in [4.69, 9.17) is 5.11 Å². The highest BCUT2D eigenvalue weighted by Crippen LogP contribution is 2.12. The Morgan fingerprint density at radius 3 is 2.44 bits per heavy atom. The largest absolute Gasteiger partial charge is 0.480 e. The van der Waals surface area contributed by atoms with Gasteiger partial charge >= 0.3 is 11.7 Å². The summed E-state index contributed by atoms with van der Waals surface area (Å²) in [5.41, 5.74) is -0.236. The van der Waals surface area contributed by atoms with Crippen LogP contribution in [0.5, 0.6) is 0 Å². The molecule has 1 aromatic rings. The summed E-state index contributed by atoms with van der Waals surface area (Å²) in [4.78, 5) is 29.1. The molecule has 8 heteroatoms. The van der Waals surface area contributed by atoms with Gasteiger partial charge in [0.2, 0.25) is 5.95 Å². The molecule has 1 atom stereocenters. The van der Waals surface area contributed by atoms with Crippen LogP contribution < -0.4 is 4.90 Å². The van der Waals surface area contributed by atoms with Gasteiger partial charge in [0, 0.05) is 7.05 Å². The highest BCUT2D eigenvalue weighted by molar-refractivity contribution is 5.76. The number of anilines is 1. The van der Waals surface area contributed by atoms with Crippen molar-refractivity contribution in [3.05, 3.63) is 22.5 Å². The quantitative estimate of drug-likeness (QED) is 0.580. The minimum Gasteiger partial charge on any atom is -0.480 e. The lowest BCUT2D eigenvalue weighted by Crippen LogP contribution is -2.36. The van der Waals surface area contributed by atoms with Gasteiger partial charge in [0.05, 0.1) is 4.92 Å². The second-order valence-corrected chi connectivity index (χ2v) is 3.12. The van der Waals surface area contributed by atoms with Gasteiger partial charge in [-0.2, -0.15) is 0 Å². The van der Waals surface area contributed by atoms with Crippen LogP contribution in [0, 0.1) is 10.1 Å². The predicted octanol–water partition coefficient (Wildman–Crippen LogP) is 0.294. The molecule has 0 saturated heterocycles. The molecule has 0 radical (unpaired) electrons. The third-order valence-corrected chi connectivity index (χ3v) is 2.09. The Labute approximate surface area is 90.7 Å². The lowest BCUT2D eigenvalue weighted by Gasteiger charge is -2.20. The van der Waals surface area contributed by atoms with E-state index in [1.54, 1.807) is 0 Å². The van der Waals surface area contributed by atoms with Crippen molar-refractivity contribution in [2.24, 2.45) is 0 Å². The van der Waals surface area contributed by atoms with Crippen molar-refractivity contribution in [2.45, 2.75) is 13.0 Å². The molecular formula is C8H10N4O4. The Morgan fingerprint density at radius 2 is 2.06 bits per heavy atom. The molecule has 1 aromatic heterocycles. The van der Waals surface area contributed by atoms with E-state index in [1.165, 1.54) is 18.9 Å². The molecule has 1 rings (SSSR count). The lowest BCUT2D eigenvalue weighted by molar-refractivity contribution is -0.385. The average Bonchev–Trinajstić information content (AvgIpc) is 2.27. The van der Waals surface area contributed by atoms with E-state index in [1.807, 2.05) is 0 Å². The molecule has 0 saturated carbocycles. The van der Waals surface area contributed by atoms with Crippen molar-refractivity contribution in [3.63, 3.8) is 0 Å². The van der Waals surface area contributed by atoms with Crippen LogP contribution in [0.15, 0.2) is 12.4 Å². The van der Waals surface area contributed by atoms with Crippen LogP contribution in [0.25, 0.3) is 0 Å². The molecule has 0 spiro atoms. The smallest absolute Gasteiger partial charge is 0.326 e. The summed E-state index contributed by atoms with van der Waals surface area (Å²) in [7, 11) is 1.50. The summed E-state index contributed by atoms with van der Waals surface area (Å²) in [6.45, 7) is 1.47. The Hall–Kier alpha value is -2.25. The highest BCUT2D eigenvalue weighted by atomic mass is 16.6. The van der Waals surface area contributed by atoms with Crippen LogP contribution >= 0.6 is 0 Å². The SMILES string of the molecule is CC(C(=O)O)N(C)c1ncc([N+](=O)[O-])cn1. The molecule has 86 valence electrons. The zero-order valence-electron chi connectivity index (χ0n) is 8.69. The number of nitro groups is 1. The molecule has 8 nitrogen and oxygen atoms in total. The molecular weight excluding hydrogens is 216 g/mol. The number of carbonyl (C=O) groups is 1. The number of hydrogen-bond donors (Lipinski definition) is 1. The second kappa shape index (κ2) is 4.51. The van der Waals surface area contributed by atoms with E-state index < -0.39 is 16.9 Å². The van der Waals surface area contributed by atoms with E-state index in [-0.39, 0.29) is 11.6 Å². The molecule has 1 N–H and O–H groups in total. The molecule has 0 amide bonds. The van der Waals surface area contributed by atoms with Gasteiger partial charge in [-0.1, -0.05) is 0 Å². The van der Waals surface area contributed by atoms with Gasteiger partial charge in [0.25, 0.3) is 0 Å². The number of nitrogens with zero attached hydrogens (tertiary/aromatic N) is 4. The fourth-order valence-electron chi connectivity index (χ4n) is 0.930.